The number of rotatable bonds is 4. The molecule has 3 rings (SSSR count). The Kier molecular flexibility index (Phi) is 3.59. The van der Waals surface area contributed by atoms with Gasteiger partial charge in [0.15, 0.2) is 5.16 Å². The number of nitrogens with zero attached hydrogens (tertiary/aromatic N) is 2. The summed E-state index contributed by atoms with van der Waals surface area (Å²) in [7, 11) is 0. The molecule has 1 aliphatic rings. The van der Waals surface area contributed by atoms with Crippen LogP contribution in [0.15, 0.2) is 23.4 Å². The molecular formula is C14H16N4O2S. The average Bonchev–Trinajstić information content (AvgIpc) is 2.94. The number of nitrogen functional groups attached to an aromatic ring is 1. The Morgan fingerprint density at radius 1 is 1.48 bits per heavy atom. The Morgan fingerprint density at radius 2 is 2.29 bits per heavy atom. The predicted octanol–water partition coefficient (Wildman–Crippen LogP) is 1.77. The number of likely N-dealkylation sites (tertiary alicyclic amines) is 1. The minimum atomic E-state index is -0.387. The van der Waals surface area contributed by atoms with Gasteiger partial charge in [0.2, 0.25) is 11.8 Å². The minimum absolute atomic E-state index is 0.0975. The number of aromatic nitrogens is 2. The van der Waals surface area contributed by atoms with Crippen LogP contribution in [-0.2, 0) is 9.59 Å². The number of nitrogens with two attached hydrogens (primary N) is 1. The fraction of sp³-hybridized carbons (Fsp3) is 0.357. The van der Waals surface area contributed by atoms with E-state index in [1.807, 2.05) is 13.0 Å². The third-order valence-electron chi connectivity index (χ3n) is 3.39. The molecule has 1 saturated heterocycles. The smallest absolute Gasteiger partial charge is 0.243 e. The Bertz CT molecular complexity index is 712. The summed E-state index contributed by atoms with van der Waals surface area (Å²) in [6.45, 7) is 2.44. The van der Waals surface area contributed by atoms with Crippen molar-refractivity contribution >= 4 is 40.3 Å². The molecule has 0 radical (unpaired) electrons. The number of imidazole rings is 1. The van der Waals surface area contributed by atoms with Crippen LogP contribution in [0, 0.1) is 0 Å². The normalized spacial score (nSPS) is 18.9. The van der Waals surface area contributed by atoms with Crippen LogP contribution in [0.5, 0.6) is 0 Å². The summed E-state index contributed by atoms with van der Waals surface area (Å²) < 4.78 is 0. The largest absolute Gasteiger partial charge is 0.399 e. The van der Waals surface area contributed by atoms with E-state index in [-0.39, 0.29) is 23.5 Å². The lowest BCUT2D eigenvalue weighted by Crippen LogP contribution is -2.31. The summed E-state index contributed by atoms with van der Waals surface area (Å²) in [6, 6.07) is 5.42. The van der Waals surface area contributed by atoms with Crippen LogP contribution >= 0.6 is 11.8 Å². The van der Waals surface area contributed by atoms with Crippen LogP contribution in [0.1, 0.15) is 19.8 Å². The summed E-state index contributed by atoms with van der Waals surface area (Å²) in [5.41, 5.74) is 8.02. The first-order valence-corrected chi connectivity index (χ1v) is 7.72. The highest BCUT2D eigenvalue weighted by atomic mass is 32.2. The van der Waals surface area contributed by atoms with Crippen molar-refractivity contribution in [2.24, 2.45) is 0 Å². The van der Waals surface area contributed by atoms with Crippen molar-refractivity contribution in [1.29, 1.82) is 0 Å². The number of hydrogen-bond donors (Lipinski definition) is 2. The molecule has 1 aliphatic heterocycles. The van der Waals surface area contributed by atoms with Gasteiger partial charge in [-0.15, -0.1) is 0 Å². The Morgan fingerprint density at radius 3 is 3.05 bits per heavy atom. The summed E-state index contributed by atoms with van der Waals surface area (Å²) in [4.78, 5) is 32.9. The van der Waals surface area contributed by atoms with Crippen molar-refractivity contribution in [3.63, 3.8) is 0 Å². The molecule has 1 unspecified atom stereocenters. The molecular weight excluding hydrogens is 288 g/mol. The predicted molar refractivity (Wildman–Crippen MR) is 81.8 cm³/mol. The highest BCUT2D eigenvalue weighted by Gasteiger charge is 2.39. The quantitative estimate of drug-likeness (QED) is 0.663. The van der Waals surface area contributed by atoms with Gasteiger partial charge in [-0.3, -0.25) is 14.5 Å². The molecule has 1 aromatic heterocycles. The van der Waals surface area contributed by atoms with Crippen LogP contribution in [0.2, 0.25) is 0 Å². The molecule has 0 bridgehead atoms. The molecule has 2 aromatic rings. The van der Waals surface area contributed by atoms with Gasteiger partial charge in [-0.1, -0.05) is 18.7 Å². The molecule has 110 valence electrons. The van der Waals surface area contributed by atoms with Gasteiger partial charge in [-0.05, 0) is 24.6 Å². The fourth-order valence-electron chi connectivity index (χ4n) is 2.40. The lowest BCUT2D eigenvalue weighted by Gasteiger charge is -2.12. The monoisotopic (exact) mass is 304 g/mol. The molecule has 2 heterocycles. The summed E-state index contributed by atoms with van der Waals surface area (Å²) in [6.07, 6.45) is 1.02. The van der Waals surface area contributed by atoms with Gasteiger partial charge < -0.3 is 10.7 Å². The van der Waals surface area contributed by atoms with Gasteiger partial charge >= 0.3 is 0 Å². The number of amides is 2. The van der Waals surface area contributed by atoms with E-state index >= 15 is 0 Å². The van der Waals surface area contributed by atoms with Crippen molar-refractivity contribution < 1.29 is 9.59 Å². The Labute approximate surface area is 126 Å². The van der Waals surface area contributed by atoms with Gasteiger partial charge in [0.05, 0.1) is 11.0 Å². The molecule has 2 amide bonds. The maximum absolute atomic E-state index is 12.2. The molecule has 6 nitrogen and oxygen atoms in total. The van der Waals surface area contributed by atoms with E-state index in [0.717, 1.165) is 17.5 Å². The second kappa shape index (κ2) is 5.40. The van der Waals surface area contributed by atoms with Gasteiger partial charge in [0.25, 0.3) is 0 Å². The number of carbonyl (C=O) groups is 2. The van der Waals surface area contributed by atoms with Gasteiger partial charge in [-0.2, -0.15) is 0 Å². The molecule has 7 heteroatoms. The van der Waals surface area contributed by atoms with Crippen LogP contribution in [0.4, 0.5) is 5.69 Å². The topological polar surface area (TPSA) is 92.1 Å². The van der Waals surface area contributed by atoms with Crippen molar-refractivity contribution in [2.75, 3.05) is 12.3 Å². The first kappa shape index (κ1) is 13.9. The third-order valence-corrected chi connectivity index (χ3v) is 4.46. The van der Waals surface area contributed by atoms with E-state index in [1.165, 1.54) is 16.7 Å². The lowest BCUT2D eigenvalue weighted by molar-refractivity contribution is -0.138. The first-order chi connectivity index (χ1) is 10.1. The molecule has 0 spiro atoms. The van der Waals surface area contributed by atoms with Crippen molar-refractivity contribution in [1.82, 2.24) is 14.9 Å². The molecule has 0 aliphatic carbocycles. The number of nitrogens with one attached hydrogen (secondary N) is 1. The maximum Gasteiger partial charge on any atom is 0.243 e. The van der Waals surface area contributed by atoms with E-state index in [4.69, 9.17) is 5.73 Å². The maximum atomic E-state index is 12.2. The van der Waals surface area contributed by atoms with E-state index < -0.39 is 0 Å². The molecule has 1 fully saturated rings. The average molecular weight is 304 g/mol. The van der Waals surface area contributed by atoms with Gasteiger partial charge in [0.1, 0.15) is 5.25 Å². The number of carbonyl (C=O) groups excluding carboxylic acids is 2. The number of thioether (sulfide) groups is 1. The summed E-state index contributed by atoms with van der Waals surface area (Å²) >= 11 is 1.30. The number of anilines is 1. The van der Waals surface area contributed by atoms with Gasteiger partial charge in [-0.25, -0.2) is 4.98 Å². The summed E-state index contributed by atoms with van der Waals surface area (Å²) in [5, 5.41) is 0.252. The lowest BCUT2D eigenvalue weighted by atomic mass is 10.3. The fourth-order valence-corrected chi connectivity index (χ4v) is 3.44. The van der Waals surface area contributed by atoms with Crippen LogP contribution in [-0.4, -0.2) is 38.5 Å². The minimum Gasteiger partial charge on any atom is -0.399 e. The standard InChI is InChI=1S/C14H16N4O2S/c1-2-5-18-12(19)7-11(13(18)20)21-14-16-9-4-3-8(15)6-10(9)17-14/h3-4,6,11H,2,5,7,15H2,1H3,(H,16,17). The van der Waals surface area contributed by atoms with Crippen molar-refractivity contribution in [2.45, 2.75) is 30.2 Å². The molecule has 0 saturated carbocycles. The molecule has 21 heavy (non-hydrogen) atoms. The molecule has 3 N–H and O–H groups in total. The number of imide groups is 1. The van der Waals surface area contributed by atoms with E-state index in [0.29, 0.717) is 17.4 Å². The zero-order chi connectivity index (χ0) is 15.0. The van der Waals surface area contributed by atoms with E-state index in [1.54, 1.807) is 12.1 Å². The van der Waals surface area contributed by atoms with Gasteiger partial charge in [0, 0.05) is 18.7 Å². The van der Waals surface area contributed by atoms with Crippen LogP contribution in [0.3, 0.4) is 0 Å². The number of fused-ring (bicyclic) bond motifs is 1. The Balaban J connectivity index is 1.79. The van der Waals surface area contributed by atoms with E-state index in [2.05, 4.69) is 9.97 Å². The summed E-state index contributed by atoms with van der Waals surface area (Å²) in [5.74, 6) is -0.216. The highest BCUT2D eigenvalue weighted by molar-refractivity contribution is 8.00. The Hall–Kier alpha value is -2.02. The first-order valence-electron chi connectivity index (χ1n) is 6.84. The molecule has 1 atom stereocenters. The second-order valence-electron chi connectivity index (χ2n) is 5.01. The third kappa shape index (κ3) is 2.61. The van der Waals surface area contributed by atoms with Crippen molar-refractivity contribution in [3.05, 3.63) is 18.2 Å². The highest BCUT2D eigenvalue weighted by Crippen LogP contribution is 2.31. The number of H-pyrrole nitrogens is 1. The molecule has 1 aromatic carbocycles. The van der Waals surface area contributed by atoms with Crippen LogP contribution < -0.4 is 5.73 Å². The SMILES string of the molecule is CCCN1C(=O)CC(Sc2nc3ccc(N)cc3[nH]2)C1=O. The number of benzene rings is 1. The zero-order valence-electron chi connectivity index (χ0n) is 11.6. The second-order valence-corrected chi connectivity index (χ2v) is 6.20. The van der Waals surface area contributed by atoms with Crippen molar-refractivity contribution in [3.8, 4) is 0 Å². The van der Waals surface area contributed by atoms with E-state index in [9.17, 15) is 9.59 Å². The number of hydrogen-bond acceptors (Lipinski definition) is 5. The zero-order valence-corrected chi connectivity index (χ0v) is 12.4. The number of aromatic amines is 1. The van der Waals surface area contributed by atoms with Crippen LogP contribution in [0.25, 0.3) is 11.0 Å².